The lowest BCUT2D eigenvalue weighted by atomic mass is 10.2. The van der Waals surface area contributed by atoms with Gasteiger partial charge >= 0.3 is 6.03 Å². The lowest BCUT2D eigenvalue weighted by molar-refractivity contribution is 0.262. The van der Waals surface area contributed by atoms with Crippen molar-refractivity contribution >= 4 is 40.6 Å². The lowest BCUT2D eigenvalue weighted by Gasteiger charge is -2.10. The van der Waals surface area contributed by atoms with Gasteiger partial charge in [-0.1, -0.05) is 29.3 Å². The van der Waals surface area contributed by atoms with Crippen molar-refractivity contribution in [2.45, 2.75) is 6.92 Å². The number of amides is 2. The van der Waals surface area contributed by atoms with Gasteiger partial charge in [0.2, 0.25) is 0 Å². The highest BCUT2D eigenvalue weighted by atomic mass is 35.5. The lowest BCUT2D eigenvalue weighted by Crippen LogP contribution is -2.20. The highest BCUT2D eigenvalue weighted by Crippen LogP contribution is 2.25. The molecule has 2 N–H and O–H groups in total. The number of aryl methyl sites for hydroxylation is 1. The number of hydrogen-bond acceptors (Lipinski definition) is 1. The Kier molecular flexibility index (Phi) is 4.47. The van der Waals surface area contributed by atoms with E-state index in [1.807, 2.05) is 0 Å². The molecule has 0 heterocycles. The van der Waals surface area contributed by atoms with E-state index in [2.05, 4.69) is 10.6 Å². The number of carbonyl (C=O) groups is 1. The molecule has 3 nitrogen and oxygen atoms in total. The molecule has 0 aromatic heterocycles. The molecule has 0 spiro atoms. The predicted octanol–water partition coefficient (Wildman–Crippen LogP) is 5.08. The Balaban J connectivity index is 2.09. The fourth-order valence-electron chi connectivity index (χ4n) is 1.59. The van der Waals surface area contributed by atoms with E-state index in [4.69, 9.17) is 23.2 Å². The SMILES string of the molecule is Cc1ccc(F)cc1NC(=O)Nc1ccc(Cl)c(Cl)c1. The van der Waals surface area contributed by atoms with Gasteiger partial charge < -0.3 is 10.6 Å². The molecular weight excluding hydrogens is 302 g/mol. The minimum absolute atomic E-state index is 0.339. The molecule has 20 heavy (non-hydrogen) atoms. The number of carbonyl (C=O) groups excluding carboxylic acids is 1. The summed E-state index contributed by atoms with van der Waals surface area (Å²) in [5.41, 5.74) is 1.66. The quantitative estimate of drug-likeness (QED) is 0.797. The Morgan fingerprint density at radius 1 is 1.05 bits per heavy atom. The summed E-state index contributed by atoms with van der Waals surface area (Å²) in [4.78, 5) is 11.8. The maximum Gasteiger partial charge on any atom is 0.323 e. The van der Waals surface area contributed by atoms with E-state index in [1.54, 1.807) is 25.1 Å². The molecule has 0 saturated heterocycles. The van der Waals surface area contributed by atoms with Crippen LogP contribution in [-0.2, 0) is 0 Å². The third kappa shape index (κ3) is 3.62. The molecule has 2 amide bonds. The predicted molar refractivity (Wildman–Crippen MR) is 80.2 cm³/mol. The van der Waals surface area contributed by atoms with E-state index in [-0.39, 0.29) is 0 Å². The van der Waals surface area contributed by atoms with Crippen LogP contribution in [-0.4, -0.2) is 6.03 Å². The molecule has 0 aliphatic carbocycles. The third-order valence-electron chi connectivity index (χ3n) is 2.63. The number of halogens is 3. The summed E-state index contributed by atoms with van der Waals surface area (Å²) in [5.74, 6) is -0.416. The number of benzene rings is 2. The third-order valence-corrected chi connectivity index (χ3v) is 3.36. The van der Waals surface area contributed by atoms with Crippen LogP contribution in [0, 0.1) is 12.7 Å². The van der Waals surface area contributed by atoms with Crippen LogP contribution in [0.5, 0.6) is 0 Å². The van der Waals surface area contributed by atoms with Crippen molar-refractivity contribution < 1.29 is 9.18 Å². The van der Waals surface area contributed by atoms with Crippen LogP contribution in [0.1, 0.15) is 5.56 Å². The van der Waals surface area contributed by atoms with Crippen LogP contribution >= 0.6 is 23.2 Å². The second-order valence-corrected chi connectivity index (χ2v) is 4.98. The summed E-state index contributed by atoms with van der Waals surface area (Å²) in [5, 5.41) is 5.90. The Bertz CT molecular complexity index is 662. The van der Waals surface area contributed by atoms with Crippen LogP contribution < -0.4 is 10.6 Å². The van der Waals surface area contributed by atoms with Gasteiger partial charge in [-0.05, 0) is 42.8 Å². The zero-order valence-corrected chi connectivity index (χ0v) is 12.0. The molecule has 2 aromatic carbocycles. The first-order valence-electron chi connectivity index (χ1n) is 5.75. The number of urea groups is 1. The molecule has 0 saturated carbocycles. The summed E-state index contributed by atoms with van der Waals surface area (Å²) in [6, 6.07) is 8.41. The molecule has 0 radical (unpaired) electrons. The zero-order chi connectivity index (χ0) is 14.7. The number of hydrogen-bond donors (Lipinski definition) is 2. The van der Waals surface area contributed by atoms with Gasteiger partial charge in [-0.15, -0.1) is 0 Å². The summed E-state index contributed by atoms with van der Waals surface area (Å²) in [6.45, 7) is 1.77. The van der Waals surface area contributed by atoms with Gasteiger partial charge in [-0.2, -0.15) is 0 Å². The number of anilines is 2. The molecule has 2 rings (SSSR count). The van der Waals surface area contributed by atoms with Crippen molar-refractivity contribution in [1.82, 2.24) is 0 Å². The second-order valence-electron chi connectivity index (χ2n) is 4.17. The van der Waals surface area contributed by atoms with Crippen molar-refractivity contribution in [3.63, 3.8) is 0 Å². The summed E-state index contributed by atoms with van der Waals surface area (Å²) in [6.07, 6.45) is 0. The molecule has 0 unspecified atom stereocenters. The van der Waals surface area contributed by atoms with Crippen molar-refractivity contribution in [1.29, 1.82) is 0 Å². The molecule has 0 aliphatic rings. The van der Waals surface area contributed by atoms with E-state index in [9.17, 15) is 9.18 Å². The van der Waals surface area contributed by atoms with E-state index >= 15 is 0 Å². The molecule has 2 aromatic rings. The number of rotatable bonds is 2. The topological polar surface area (TPSA) is 41.1 Å². The van der Waals surface area contributed by atoms with Crippen molar-refractivity contribution in [3.05, 3.63) is 57.8 Å². The Morgan fingerprint density at radius 3 is 2.50 bits per heavy atom. The molecule has 0 fully saturated rings. The van der Waals surface area contributed by atoms with Gasteiger partial charge in [0.15, 0.2) is 0 Å². The first-order valence-corrected chi connectivity index (χ1v) is 6.50. The normalized spacial score (nSPS) is 10.2. The molecule has 0 atom stereocenters. The van der Waals surface area contributed by atoms with Gasteiger partial charge in [0.25, 0.3) is 0 Å². The summed E-state index contributed by atoms with van der Waals surface area (Å²) in [7, 11) is 0. The fraction of sp³-hybridized carbons (Fsp3) is 0.0714. The molecule has 0 aliphatic heterocycles. The highest BCUT2D eigenvalue weighted by Gasteiger charge is 2.07. The Hall–Kier alpha value is -1.78. The standard InChI is InChI=1S/C14H11Cl2FN2O/c1-8-2-3-9(17)6-13(8)19-14(20)18-10-4-5-11(15)12(16)7-10/h2-7H,1H3,(H2,18,19,20). The van der Waals surface area contributed by atoms with Gasteiger partial charge in [0.05, 0.1) is 10.0 Å². The van der Waals surface area contributed by atoms with Gasteiger partial charge in [-0.3, -0.25) is 0 Å². The van der Waals surface area contributed by atoms with E-state index in [0.29, 0.717) is 21.4 Å². The largest absolute Gasteiger partial charge is 0.323 e. The smallest absolute Gasteiger partial charge is 0.308 e. The average molecular weight is 313 g/mol. The summed E-state index contributed by atoms with van der Waals surface area (Å²) >= 11 is 11.6. The van der Waals surface area contributed by atoms with E-state index in [1.165, 1.54) is 18.2 Å². The Labute approximate surface area is 125 Å². The molecule has 0 bridgehead atoms. The van der Waals surface area contributed by atoms with Gasteiger partial charge in [0.1, 0.15) is 5.82 Å². The number of nitrogens with one attached hydrogen (secondary N) is 2. The first-order chi connectivity index (χ1) is 9.45. The molecule has 104 valence electrons. The van der Waals surface area contributed by atoms with E-state index < -0.39 is 11.8 Å². The molecular formula is C14H11Cl2FN2O. The fourth-order valence-corrected chi connectivity index (χ4v) is 1.89. The molecule has 6 heteroatoms. The minimum Gasteiger partial charge on any atom is -0.308 e. The first kappa shape index (κ1) is 14.6. The van der Waals surface area contributed by atoms with Crippen molar-refractivity contribution in [2.75, 3.05) is 10.6 Å². The summed E-state index contributed by atoms with van der Waals surface area (Å²) < 4.78 is 13.1. The van der Waals surface area contributed by atoms with Crippen molar-refractivity contribution in [2.24, 2.45) is 0 Å². The maximum absolute atomic E-state index is 13.1. The highest BCUT2D eigenvalue weighted by molar-refractivity contribution is 6.42. The van der Waals surface area contributed by atoms with Crippen molar-refractivity contribution in [3.8, 4) is 0 Å². The zero-order valence-electron chi connectivity index (χ0n) is 10.5. The average Bonchev–Trinajstić information content (AvgIpc) is 2.38. The van der Waals surface area contributed by atoms with Gasteiger partial charge in [-0.25, -0.2) is 9.18 Å². The van der Waals surface area contributed by atoms with Crippen LogP contribution in [0.2, 0.25) is 10.0 Å². The van der Waals surface area contributed by atoms with Crippen LogP contribution in [0.15, 0.2) is 36.4 Å². The monoisotopic (exact) mass is 312 g/mol. The van der Waals surface area contributed by atoms with Gasteiger partial charge in [0, 0.05) is 11.4 Å². The van der Waals surface area contributed by atoms with Crippen LogP contribution in [0.4, 0.5) is 20.6 Å². The Morgan fingerprint density at radius 2 is 1.80 bits per heavy atom. The minimum atomic E-state index is -0.489. The van der Waals surface area contributed by atoms with Crippen LogP contribution in [0.3, 0.4) is 0 Å². The van der Waals surface area contributed by atoms with E-state index in [0.717, 1.165) is 5.56 Å². The maximum atomic E-state index is 13.1. The second kappa shape index (κ2) is 6.11. The van der Waals surface area contributed by atoms with Crippen LogP contribution in [0.25, 0.3) is 0 Å².